The summed E-state index contributed by atoms with van der Waals surface area (Å²) in [6.07, 6.45) is 5.68. The summed E-state index contributed by atoms with van der Waals surface area (Å²) in [6.45, 7) is 2.87. The van der Waals surface area contributed by atoms with Crippen LogP contribution in [0.1, 0.15) is 24.4 Å². The van der Waals surface area contributed by atoms with Crippen molar-refractivity contribution in [1.82, 2.24) is 19.7 Å². The maximum absolute atomic E-state index is 6.26. The Morgan fingerprint density at radius 2 is 2.20 bits per heavy atom. The number of rotatable bonds is 3. The second-order valence-corrected chi connectivity index (χ2v) is 5.90. The molecule has 6 heteroatoms. The molecule has 0 spiro atoms. The van der Waals surface area contributed by atoms with E-state index in [0.717, 1.165) is 38.0 Å². The number of hydrogen-bond acceptors (Lipinski definition) is 3. The van der Waals surface area contributed by atoms with Crippen LogP contribution >= 0.6 is 23.2 Å². The van der Waals surface area contributed by atoms with Gasteiger partial charge in [-0.15, -0.1) is 0 Å². The highest BCUT2D eigenvalue weighted by Crippen LogP contribution is 2.28. The average molecular weight is 311 g/mol. The Kier molecular flexibility index (Phi) is 4.24. The van der Waals surface area contributed by atoms with Crippen molar-refractivity contribution in [3.63, 3.8) is 0 Å². The molecule has 20 heavy (non-hydrogen) atoms. The predicted molar refractivity (Wildman–Crippen MR) is 80.0 cm³/mol. The van der Waals surface area contributed by atoms with Crippen LogP contribution in [0.2, 0.25) is 10.0 Å². The van der Waals surface area contributed by atoms with Crippen LogP contribution in [0.4, 0.5) is 0 Å². The Morgan fingerprint density at radius 1 is 1.30 bits per heavy atom. The summed E-state index contributed by atoms with van der Waals surface area (Å²) >= 11 is 12.3. The minimum Gasteiger partial charge on any atom is -0.297 e. The van der Waals surface area contributed by atoms with Crippen molar-refractivity contribution < 1.29 is 0 Å². The second-order valence-electron chi connectivity index (χ2n) is 5.12. The molecule has 0 N–H and O–H groups in total. The minimum absolute atomic E-state index is 0.393. The molecule has 1 aliphatic heterocycles. The van der Waals surface area contributed by atoms with Crippen LogP contribution in [0.15, 0.2) is 30.9 Å². The van der Waals surface area contributed by atoms with Gasteiger partial charge >= 0.3 is 0 Å². The molecule has 1 fully saturated rings. The zero-order valence-electron chi connectivity index (χ0n) is 11.0. The molecule has 106 valence electrons. The molecule has 0 radical (unpaired) electrons. The van der Waals surface area contributed by atoms with Gasteiger partial charge in [-0.05, 0) is 31.0 Å². The molecule has 1 aromatic carbocycles. The lowest BCUT2D eigenvalue weighted by Gasteiger charge is -2.32. The standard InChI is InChI=1S/C14H16Cl2N4/c15-13-5-1-3-11(14(13)16)7-19-6-2-4-12(8-19)20-10-17-9-18-20/h1,3,5,9-10,12H,2,4,6-8H2. The Balaban J connectivity index is 1.70. The van der Waals surface area contributed by atoms with Crippen LogP contribution in [0.5, 0.6) is 0 Å². The monoisotopic (exact) mass is 310 g/mol. The van der Waals surface area contributed by atoms with E-state index in [2.05, 4.69) is 15.0 Å². The summed E-state index contributed by atoms with van der Waals surface area (Å²) in [4.78, 5) is 6.42. The average Bonchev–Trinajstić information content (AvgIpc) is 2.98. The topological polar surface area (TPSA) is 34.0 Å². The molecule has 2 heterocycles. The molecule has 2 aromatic rings. The lowest BCUT2D eigenvalue weighted by molar-refractivity contribution is 0.163. The van der Waals surface area contributed by atoms with Crippen LogP contribution in [0, 0.1) is 0 Å². The molecular weight excluding hydrogens is 295 g/mol. The summed E-state index contributed by atoms with van der Waals surface area (Å²) < 4.78 is 1.95. The first-order valence-corrected chi connectivity index (χ1v) is 7.49. The van der Waals surface area contributed by atoms with Crippen molar-refractivity contribution in [2.45, 2.75) is 25.4 Å². The van der Waals surface area contributed by atoms with E-state index in [4.69, 9.17) is 23.2 Å². The number of hydrogen-bond donors (Lipinski definition) is 0. The number of likely N-dealkylation sites (tertiary alicyclic amines) is 1. The maximum atomic E-state index is 6.26. The van der Waals surface area contributed by atoms with Crippen LogP contribution in [0.3, 0.4) is 0 Å². The molecule has 1 aliphatic rings. The SMILES string of the molecule is Clc1cccc(CN2CCCC(n3cncn3)C2)c1Cl. The van der Waals surface area contributed by atoms with Gasteiger partial charge in [0.2, 0.25) is 0 Å². The van der Waals surface area contributed by atoms with Gasteiger partial charge in [0.05, 0.1) is 16.1 Å². The fourth-order valence-corrected chi connectivity index (χ4v) is 3.09. The van der Waals surface area contributed by atoms with E-state index in [0.29, 0.717) is 16.1 Å². The highest BCUT2D eigenvalue weighted by Gasteiger charge is 2.22. The lowest BCUT2D eigenvalue weighted by atomic mass is 10.0. The summed E-state index contributed by atoms with van der Waals surface area (Å²) in [5, 5.41) is 5.53. The van der Waals surface area contributed by atoms with Gasteiger partial charge < -0.3 is 0 Å². The molecule has 1 saturated heterocycles. The molecule has 0 saturated carbocycles. The van der Waals surface area contributed by atoms with Crippen LogP contribution < -0.4 is 0 Å². The van der Waals surface area contributed by atoms with E-state index in [1.54, 1.807) is 12.7 Å². The summed E-state index contributed by atoms with van der Waals surface area (Å²) in [7, 11) is 0. The third-order valence-corrected chi connectivity index (χ3v) is 4.57. The predicted octanol–water partition coefficient (Wildman–Crippen LogP) is 3.42. The first-order valence-electron chi connectivity index (χ1n) is 6.73. The molecule has 1 atom stereocenters. The number of piperidine rings is 1. The number of nitrogens with zero attached hydrogens (tertiary/aromatic N) is 4. The number of aromatic nitrogens is 3. The van der Waals surface area contributed by atoms with Crippen LogP contribution in [0.25, 0.3) is 0 Å². The zero-order valence-corrected chi connectivity index (χ0v) is 12.6. The Labute approximate surface area is 128 Å². The quantitative estimate of drug-likeness (QED) is 0.871. The van der Waals surface area contributed by atoms with Gasteiger partial charge in [-0.3, -0.25) is 4.90 Å². The number of benzene rings is 1. The van der Waals surface area contributed by atoms with E-state index >= 15 is 0 Å². The van der Waals surface area contributed by atoms with E-state index in [9.17, 15) is 0 Å². The normalized spacial score (nSPS) is 20.2. The maximum Gasteiger partial charge on any atom is 0.137 e. The number of halogens is 2. The lowest BCUT2D eigenvalue weighted by Crippen LogP contribution is -2.36. The van der Waals surface area contributed by atoms with E-state index in [1.807, 2.05) is 22.9 Å². The molecule has 0 amide bonds. The fraction of sp³-hybridized carbons (Fsp3) is 0.429. The molecule has 1 aromatic heterocycles. The van der Waals surface area contributed by atoms with Crippen LogP contribution in [-0.2, 0) is 6.54 Å². The van der Waals surface area contributed by atoms with Crippen molar-refractivity contribution in [2.24, 2.45) is 0 Å². The Morgan fingerprint density at radius 3 is 3.00 bits per heavy atom. The fourth-order valence-electron chi connectivity index (χ4n) is 2.71. The molecular formula is C14H16Cl2N4. The first-order chi connectivity index (χ1) is 9.74. The molecule has 1 unspecified atom stereocenters. The largest absolute Gasteiger partial charge is 0.297 e. The first kappa shape index (κ1) is 13.9. The second kappa shape index (κ2) is 6.12. The third-order valence-electron chi connectivity index (χ3n) is 3.72. The summed E-state index contributed by atoms with van der Waals surface area (Å²) in [6, 6.07) is 6.20. The van der Waals surface area contributed by atoms with E-state index in [-0.39, 0.29) is 0 Å². The van der Waals surface area contributed by atoms with Gasteiger partial charge in [-0.25, -0.2) is 9.67 Å². The van der Waals surface area contributed by atoms with Gasteiger partial charge in [0.15, 0.2) is 0 Å². The van der Waals surface area contributed by atoms with Gasteiger partial charge in [-0.2, -0.15) is 5.10 Å². The molecule has 4 nitrogen and oxygen atoms in total. The summed E-state index contributed by atoms with van der Waals surface area (Å²) in [5.41, 5.74) is 1.08. The van der Waals surface area contributed by atoms with E-state index < -0.39 is 0 Å². The van der Waals surface area contributed by atoms with E-state index in [1.165, 1.54) is 0 Å². The zero-order chi connectivity index (χ0) is 13.9. The van der Waals surface area contributed by atoms with Crippen molar-refractivity contribution in [2.75, 3.05) is 13.1 Å². The smallest absolute Gasteiger partial charge is 0.137 e. The van der Waals surface area contributed by atoms with Crippen LogP contribution in [-0.4, -0.2) is 32.8 Å². The highest BCUT2D eigenvalue weighted by molar-refractivity contribution is 6.42. The van der Waals surface area contributed by atoms with Crippen molar-refractivity contribution >= 4 is 23.2 Å². The van der Waals surface area contributed by atoms with Crippen molar-refractivity contribution in [3.05, 3.63) is 46.5 Å². The molecule has 0 aliphatic carbocycles. The third kappa shape index (κ3) is 2.97. The Bertz CT molecular complexity index is 571. The van der Waals surface area contributed by atoms with Crippen molar-refractivity contribution in [1.29, 1.82) is 0 Å². The van der Waals surface area contributed by atoms with Gasteiger partial charge in [-0.1, -0.05) is 35.3 Å². The van der Waals surface area contributed by atoms with Gasteiger partial charge in [0.1, 0.15) is 12.7 Å². The Hall–Kier alpha value is -1.10. The van der Waals surface area contributed by atoms with Crippen molar-refractivity contribution in [3.8, 4) is 0 Å². The molecule has 0 bridgehead atoms. The molecule has 3 rings (SSSR count). The highest BCUT2D eigenvalue weighted by atomic mass is 35.5. The van der Waals surface area contributed by atoms with Gasteiger partial charge in [0, 0.05) is 13.1 Å². The summed E-state index contributed by atoms with van der Waals surface area (Å²) in [5.74, 6) is 0. The minimum atomic E-state index is 0.393. The van der Waals surface area contributed by atoms with Gasteiger partial charge in [0.25, 0.3) is 0 Å².